The van der Waals surface area contributed by atoms with Crippen molar-refractivity contribution >= 4 is 12.0 Å². The minimum absolute atomic E-state index is 0.0354. The Labute approximate surface area is 89.2 Å². The lowest BCUT2D eigenvalue weighted by molar-refractivity contribution is -0.136. The van der Waals surface area contributed by atoms with E-state index in [0.29, 0.717) is 12.0 Å². The summed E-state index contributed by atoms with van der Waals surface area (Å²) in [5.74, 6) is -0.900. The lowest BCUT2D eigenvalue weighted by Crippen LogP contribution is -2.39. The minimum Gasteiger partial charge on any atom is -0.481 e. The predicted molar refractivity (Wildman–Crippen MR) is 55.6 cm³/mol. The van der Waals surface area contributed by atoms with Crippen molar-refractivity contribution in [1.29, 1.82) is 0 Å². The average Bonchev–Trinajstić information content (AvgIpc) is 2.95. The highest BCUT2D eigenvalue weighted by atomic mass is 16.4. The number of hydrogen-bond acceptors (Lipinski definition) is 2. The quantitative estimate of drug-likeness (QED) is 0.616. The fraction of sp³-hybridized carbons (Fsp3) is 0.800. The third kappa shape index (κ3) is 4.18. The molecule has 5 nitrogen and oxygen atoms in total. The van der Waals surface area contributed by atoms with Crippen LogP contribution < -0.4 is 10.6 Å². The van der Waals surface area contributed by atoms with E-state index in [0.717, 1.165) is 6.42 Å². The molecule has 2 amide bonds. The van der Waals surface area contributed by atoms with E-state index in [4.69, 9.17) is 5.11 Å². The van der Waals surface area contributed by atoms with Crippen molar-refractivity contribution < 1.29 is 14.7 Å². The molecule has 0 bridgehead atoms. The standard InChI is InChI=1S/C10H18N2O3/c1-2-10(4-5-10)7-12-9(15)11-6-3-8(13)14/h2-7H2,1H3,(H,13,14)(H2,11,12,15). The number of carboxylic acid groups (broad SMARTS) is 1. The third-order valence-corrected chi connectivity index (χ3v) is 2.96. The van der Waals surface area contributed by atoms with Crippen LogP contribution >= 0.6 is 0 Å². The average molecular weight is 214 g/mol. The lowest BCUT2D eigenvalue weighted by atomic mass is 10.0. The first-order chi connectivity index (χ1) is 7.08. The van der Waals surface area contributed by atoms with Gasteiger partial charge in [-0.25, -0.2) is 4.79 Å². The Morgan fingerprint density at radius 3 is 2.47 bits per heavy atom. The van der Waals surface area contributed by atoms with E-state index in [2.05, 4.69) is 17.6 Å². The molecule has 0 aromatic heterocycles. The highest BCUT2D eigenvalue weighted by Gasteiger charge is 2.40. The molecule has 0 aromatic carbocycles. The first kappa shape index (κ1) is 11.8. The maximum Gasteiger partial charge on any atom is 0.314 e. The van der Waals surface area contributed by atoms with Gasteiger partial charge in [0.15, 0.2) is 0 Å². The summed E-state index contributed by atoms with van der Waals surface area (Å²) in [5, 5.41) is 13.6. The highest BCUT2D eigenvalue weighted by Crippen LogP contribution is 2.47. The first-order valence-electron chi connectivity index (χ1n) is 5.31. The lowest BCUT2D eigenvalue weighted by Gasteiger charge is -2.13. The number of carboxylic acids is 1. The predicted octanol–water partition coefficient (Wildman–Crippen LogP) is 0.950. The molecule has 0 heterocycles. The molecule has 0 unspecified atom stereocenters. The van der Waals surface area contributed by atoms with Gasteiger partial charge in [0.25, 0.3) is 0 Å². The zero-order valence-corrected chi connectivity index (χ0v) is 9.01. The summed E-state index contributed by atoms with van der Waals surface area (Å²) in [7, 11) is 0. The van der Waals surface area contributed by atoms with Crippen LogP contribution in [0.2, 0.25) is 0 Å². The number of amides is 2. The normalized spacial score (nSPS) is 16.9. The van der Waals surface area contributed by atoms with Crippen LogP contribution in [0.4, 0.5) is 4.79 Å². The molecule has 0 saturated heterocycles. The van der Waals surface area contributed by atoms with Crippen LogP contribution in [0.5, 0.6) is 0 Å². The molecule has 0 spiro atoms. The number of rotatable bonds is 6. The van der Waals surface area contributed by atoms with Crippen LogP contribution in [0.15, 0.2) is 0 Å². The molecule has 0 atom stereocenters. The summed E-state index contributed by atoms with van der Waals surface area (Å²) in [4.78, 5) is 21.4. The number of carbonyl (C=O) groups is 2. The molecular weight excluding hydrogens is 196 g/mol. The van der Waals surface area contributed by atoms with Crippen molar-refractivity contribution in [2.24, 2.45) is 5.41 Å². The summed E-state index contributed by atoms with van der Waals surface area (Å²) < 4.78 is 0. The number of hydrogen-bond donors (Lipinski definition) is 3. The van der Waals surface area contributed by atoms with Gasteiger partial charge >= 0.3 is 12.0 Å². The van der Waals surface area contributed by atoms with Gasteiger partial charge in [0.2, 0.25) is 0 Å². The van der Waals surface area contributed by atoms with Gasteiger partial charge in [-0.1, -0.05) is 6.92 Å². The Morgan fingerprint density at radius 2 is 2.00 bits per heavy atom. The summed E-state index contributed by atoms with van der Waals surface area (Å²) in [6, 6.07) is -0.268. The van der Waals surface area contributed by atoms with Crippen LogP contribution in [0.3, 0.4) is 0 Å². The highest BCUT2D eigenvalue weighted by molar-refractivity contribution is 5.75. The Bertz CT molecular complexity index is 249. The molecule has 0 aromatic rings. The SMILES string of the molecule is CCC1(CNC(=O)NCCC(=O)O)CC1. The van der Waals surface area contributed by atoms with Crippen molar-refractivity contribution in [2.75, 3.05) is 13.1 Å². The van der Waals surface area contributed by atoms with Crippen molar-refractivity contribution in [2.45, 2.75) is 32.6 Å². The number of aliphatic carboxylic acids is 1. The maximum absolute atomic E-state index is 11.2. The van der Waals surface area contributed by atoms with E-state index in [1.807, 2.05) is 0 Å². The van der Waals surface area contributed by atoms with Crippen molar-refractivity contribution in [3.8, 4) is 0 Å². The number of urea groups is 1. The molecule has 15 heavy (non-hydrogen) atoms. The summed E-state index contributed by atoms with van der Waals surface area (Å²) >= 11 is 0. The number of carbonyl (C=O) groups excluding carboxylic acids is 1. The molecule has 0 aliphatic heterocycles. The maximum atomic E-state index is 11.2. The molecule has 5 heteroatoms. The molecule has 0 radical (unpaired) electrons. The van der Waals surface area contributed by atoms with Gasteiger partial charge in [-0.05, 0) is 24.7 Å². The van der Waals surface area contributed by atoms with Gasteiger partial charge in [0, 0.05) is 13.1 Å². The Kier molecular flexibility index (Phi) is 3.94. The topological polar surface area (TPSA) is 78.4 Å². The van der Waals surface area contributed by atoms with E-state index in [1.165, 1.54) is 12.8 Å². The van der Waals surface area contributed by atoms with Gasteiger partial charge in [-0.3, -0.25) is 4.79 Å². The molecule has 1 saturated carbocycles. The van der Waals surface area contributed by atoms with Gasteiger partial charge in [0.05, 0.1) is 6.42 Å². The van der Waals surface area contributed by atoms with E-state index in [1.54, 1.807) is 0 Å². The first-order valence-corrected chi connectivity index (χ1v) is 5.31. The monoisotopic (exact) mass is 214 g/mol. The number of nitrogens with one attached hydrogen (secondary N) is 2. The second-order valence-corrected chi connectivity index (χ2v) is 4.11. The fourth-order valence-corrected chi connectivity index (χ4v) is 1.45. The van der Waals surface area contributed by atoms with E-state index < -0.39 is 5.97 Å². The molecule has 1 aliphatic carbocycles. The summed E-state index contributed by atoms with van der Waals surface area (Å²) in [6.45, 7) is 3.00. The smallest absolute Gasteiger partial charge is 0.314 e. The molecule has 1 aliphatic rings. The summed E-state index contributed by atoms with van der Waals surface area (Å²) in [6.07, 6.45) is 3.41. The van der Waals surface area contributed by atoms with Crippen LogP contribution in [-0.2, 0) is 4.79 Å². The Balaban J connectivity index is 2.06. The second-order valence-electron chi connectivity index (χ2n) is 4.11. The van der Waals surface area contributed by atoms with Crippen LogP contribution in [0.25, 0.3) is 0 Å². The second kappa shape index (κ2) is 5.00. The van der Waals surface area contributed by atoms with E-state index in [-0.39, 0.29) is 19.0 Å². The van der Waals surface area contributed by atoms with Gasteiger partial charge in [-0.15, -0.1) is 0 Å². The van der Waals surface area contributed by atoms with Crippen LogP contribution in [0, 0.1) is 5.41 Å². The van der Waals surface area contributed by atoms with Crippen molar-refractivity contribution in [3.63, 3.8) is 0 Å². The van der Waals surface area contributed by atoms with Crippen LogP contribution in [0.1, 0.15) is 32.6 Å². The van der Waals surface area contributed by atoms with Crippen molar-refractivity contribution in [3.05, 3.63) is 0 Å². The fourth-order valence-electron chi connectivity index (χ4n) is 1.45. The van der Waals surface area contributed by atoms with E-state index >= 15 is 0 Å². The molecule has 1 fully saturated rings. The summed E-state index contributed by atoms with van der Waals surface area (Å²) in [5.41, 5.74) is 0.324. The minimum atomic E-state index is -0.900. The van der Waals surface area contributed by atoms with Gasteiger partial charge < -0.3 is 15.7 Å². The zero-order chi connectivity index (χ0) is 11.3. The zero-order valence-electron chi connectivity index (χ0n) is 9.01. The molecule has 3 N–H and O–H groups in total. The van der Waals surface area contributed by atoms with E-state index in [9.17, 15) is 9.59 Å². The molecule has 86 valence electrons. The third-order valence-electron chi connectivity index (χ3n) is 2.96. The van der Waals surface area contributed by atoms with Crippen molar-refractivity contribution in [1.82, 2.24) is 10.6 Å². The van der Waals surface area contributed by atoms with Crippen LogP contribution in [-0.4, -0.2) is 30.2 Å². The Morgan fingerprint density at radius 1 is 1.33 bits per heavy atom. The molecular formula is C10H18N2O3. The Hall–Kier alpha value is -1.26. The van der Waals surface area contributed by atoms with Gasteiger partial charge in [-0.2, -0.15) is 0 Å². The van der Waals surface area contributed by atoms with Gasteiger partial charge in [0.1, 0.15) is 0 Å². The molecule has 1 rings (SSSR count). The largest absolute Gasteiger partial charge is 0.481 e.